The molecule has 0 aliphatic carbocycles. The van der Waals surface area contributed by atoms with E-state index in [-0.39, 0.29) is 24.0 Å². The highest BCUT2D eigenvalue weighted by Crippen LogP contribution is 2.12. The second-order valence-corrected chi connectivity index (χ2v) is 5.62. The molecule has 1 saturated heterocycles. The van der Waals surface area contributed by atoms with E-state index < -0.39 is 0 Å². The molecule has 0 amide bonds. The number of halogens is 1. The molecule has 1 fully saturated rings. The molecule has 5 heteroatoms. The van der Waals surface area contributed by atoms with Crippen LogP contribution in [0.3, 0.4) is 0 Å². The lowest BCUT2D eigenvalue weighted by atomic mass is 10.1. The molecule has 0 saturated carbocycles. The fraction of sp³-hybridized carbons (Fsp3) is 0.500. The summed E-state index contributed by atoms with van der Waals surface area (Å²) in [4.78, 5) is 6.72. The highest BCUT2D eigenvalue weighted by Gasteiger charge is 2.11. The summed E-state index contributed by atoms with van der Waals surface area (Å²) in [6.07, 6.45) is 1.05. The number of nitrogens with two attached hydrogens (primary N) is 1. The van der Waals surface area contributed by atoms with E-state index in [1.165, 1.54) is 11.1 Å². The van der Waals surface area contributed by atoms with Gasteiger partial charge >= 0.3 is 0 Å². The SMILES string of the molecule is CCc1ccccc1CN=C(N)N1CCSCC1.I. The third kappa shape index (κ3) is 4.87. The number of hydrogen-bond donors (Lipinski definition) is 1. The van der Waals surface area contributed by atoms with Gasteiger partial charge in [-0.3, -0.25) is 0 Å². The first-order chi connectivity index (χ1) is 8.81. The quantitative estimate of drug-likeness (QED) is 0.490. The lowest BCUT2D eigenvalue weighted by Crippen LogP contribution is -2.42. The Kier molecular flexibility index (Phi) is 7.60. The van der Waals surface area contributed by atoms with E-state index in [9.17, 15) is 0 Å². The normalized spacial score (nSPS) is 16.1. The first kappa shape index (κ1) is 16.6. The molecule has 2 rings (SSSR count). The van der Waals surface area contributed by atoms with Gasteiger partial charge in [0.2, 0.25) is 0 Å². The summed E-state index contributed by atoms with van der Waals surface area (Å²) in [5.41, 5.74) is 8.70. The smallest absolute Gasteiger partial charge is 0.191 e. The maximum Gasteiger partial charge on any atom is 0.191 e. The van der Waals surface area contributed by atoms with E-state index in [0.717, 1.165) is 31.0 Å². The molecule has 3 nitrogen and oxygen atoms in total. The van der Waals surface area contributed by atoms with Crippen molar-refractivity contribution in [3.8, 4) is 0 Å². The average Bonchev–Trinajstić information content (AvgIpc) is 2.46. The van der Waals surface area contributed by atoms with E-state index in [0.29, 0.717) is 12.5 Å². The van der Waals surface area contributed by atoms with Gasteiger partial charge in [0.05, 0.1) is 6.54 Å². The molecule has 1 heterocycles. The summed E-state index contributed by atoms with van der Waals surface area (Å²) in [6.45, 7) is 4.91. The summed E-state index contributed by atoms with van der Waals surface area (Å²) in [7, 11) is 0. The van der Waals surface area contributed by atoms with Crippen molar-refractivity contribution in [1.29, 1.82) is 0 Å². The summed E-state index contributed by atoms with van der Waals surface area (Å²) in [5, 5.41) is 0. The van der Waals surface area contributed by atoms with Crippen LogP contribution in [0.5, 0.6) is 0 Å². The lowest BCUT2D eigenvalue weighted by Gasteiger charge is -2.27. The molecule has 1 aliphatic rings. The van der Waals surface area contributed by atoms with Crippen LogP contribution in [-0.2, 0) is 13.0 Å². The van der Waals surface area contributed by atoms with Crippen molar-refractivity contribution in [3.63, 3.8) is 0 Å². The summed E-state index contributed by atoms with van der Waals surface area (Å²) < 4.78 is 0. The van der Waals surface area contributed by atoms with Gasteiger partial charge in [-0.2, -0.15) is 11.8 Å². The minimum absolute atomic E-state index is 0. The number of aliphatic imine (C=N–C) groups is 1. The first-order valence-corrected chi connectivity index (χ1v) is 7.66. The van der Waals surface area contributed by atoms with Crippen LogP contribution in [-0.4, -0.2) is 35.5 Å². The van der Waals surface area contributed by atoms with E-state index in [2.05, 4.69) is 41.1 Å². The van der Waals surface area contributed by atoms with Gasteiger partial charge in [-0.1, -0.05) is 31.2 Å². The van der Waals surface area contributed by atoms with Crippen LogP contribution in [0.1, 0.15) is 18.1 Å². The Morgan fingerprint density at radius 2 is 1.89 bits per heavy atom. The monoisotopic (exact) mass is 391 g/mol. The van der Waals surface area contributed by atoms with Crippen molar-refractivity contribution in [2.45, 2.75) is 19.9 Å². The molecule has 1 aliphatic heterocycles. The molecule has 0 bridgehead atoms. The zero-order chi connectivity index (χ0) is 12.8. The Hall–Kier alpha value is -0.430. The average molecular weight is 391 g/mol. The molecule has 1 aromatic carbocycles. The Labute approximate surface area is 137 Å². The second kappa shape index (κ2) is 8.68. The number of hydrogen-bond acceptors (Lipinski definition) is 2. The molecule has 0 unspecified atom stereocenters. The minimum Gasteiger partial charge on any atom is -0.370 e. The van der Waals surface area contributed by atoms with Crippen LogP contribution in [0, 0.1) is 0 Å². The predicted molar refractivity (Wildman–Crippen MR) is 95.5 cm³/mol. The maximum atomic E-state index is 6.05. The Bertz CT molecular complexity index is 417. The van der Waals surface area contributed by atoms with Gasteiger partial charge in [0.1, 0.15) is 0 Å². The zero-order valence-corrected chi connectivity index (χ0v) is 14.5. The molecule has 106 valence electrons. The van der Waals surface area contributed by atoms with Gasteiger partial charge in [0.15, 0.2) is 5.96 Å². The molecular formula is C14H22IN3S. The van der Waals surface area contributed by atoms with Crippen LogP contribution in [0.25, 0.3) is 0 Å². The van der Waals surface area contributed by atoms with E-state index in [1.807, 2.05) is 11.8 Å². The Morgan fingerprint density at radius 1 is 1.26 bits per heavy atom. The lowest BCUT2D eigenvalue weighted by molar-refractivity contribution is 0.455. The van der Waals surface area contributed by atoms with Crippen molar-refractivity contribution < 1.29 is 0 Å². The Balaban J connectivity index is 0.00000180. The third-order valence-corrected chi connectivity index (χ3v) is 4.19. The number of nitrogens with zero attached hydrogens (tertiary/aromatic N) is 2. The van der Waals surface area contributed by atoms with Gasteiger partial charge in [-0.25, -0.2) is 4.99 Å². The van der Waals surface area contributed by atoms with E-state index in [4.69, 9.17) is 5.73 Å². The van der Waals surface area contributed by atoms with Crippen molar-refractivity contribution in [3.05, 3.63) is 35.4 Å². The van der Waals surface area contributed by atoms with Crippen molar-refractivity contribution in [2.24, 2.45) is 10.7 Å². The van der Waals surface area contributed by atoms with Gasteiger partial charge in [0, 0.05) is 24.6 Å². The highest BCUT2D eigenvalue weighted by atomic mass is 127. The standard InChI is InChI=1S/C14H21N3S.HI/c1-2-12-5-3-4-6-13(12)11-16-14(15)17-7-9-18-10-8-17;/h3-6H,2,7-11H2,1H3,(H2,15,16);1H. The van der Waals surface area contributed by atoms with Crippen molar-refractivity contribution >= 4 is 41.7 Å². The van der Waals surface area contributed by atoms with Crippen LogP contribution in [0.2, 0.25) is 0 Å². The van der Waals surface area contributed by atoms with Crippen LogP contribution in [0.4, 0.5) is 0 Å². The van der Waals surface area contributed by atoms with Crippen molar-refractivity contribution in [1.82, 2.24) is 4.90 Å². The molecule has 0 spiro atoms. The van der Waals surface area contributed by atoms with Gasteiger partial charge in [0.25, 0.3) is 0 Å². The number of benzene rings is 1. The van der Waals surface area contributed by atoms with E-state index in [1.54, 1.807) is 0 Å². The van der Waals surface area contributed by atoms with E-state index >= 15 is 0 Å². The fourth-order valence-corrected chi connectivity index (χ4v) is 3.02. The molecule has 2 N–H and O–H groups in total. The summed E-state index contributed by atoms with van der Waals surface area (Å²) in [5.74, 6) is 3.00. The van der Waals surface area contributed by atoms with Crippen LogP contribution < -0.4 is 5.73 Å². The largest absolute Gasteiger partial charge is 0.370 e. The number of rotatable bonds is 3. The topological polar surface area (TPSA) is 41.6 Å². The molecule has 19 heavy (non-hydrogen) atoms. The maximum absolute atomic E-state index is 6.05. The van der Waals surface area contributed by atoms with Gasteiger partial charge in [-0.15, -0.1) is 24.0 Å². The molecule has 0 radical (unpaired) electrons. The van der Waals surface area contributed by atoms with Gasteiger partial charge in [-0.05, 0) is 17.5 Å². The summed E-state index contributed by atoms with van der Waals surface area (Å²) >= 11 is 1.98. The fourth-order valence-electron chi connectivity index (χ4n) is 2.12. The minimum atomic E-state index is 0. The molecule has 0 atom stereocenters. The van der Waals surface area contributed by atoms with Gasteiger partial charge < -0.3 is 10.6 Å². The molecular weight excluding hydrogens is 369 g/mol. The number of aryl methyl sites for hydroxylation is 1. The third-order valence-electron chi connectivity index (χ3n) is 3.25. The predicted octanol–water partition coefficient (Wildman–Crippen LogP) is 2.73. The van der Waals surface area contributed by atoms with Crippen molar-refractivity contribution in [2.75, 3.05) is 24.6 Å². The van der Waals surface area contributed by atoms with Crippen LogP contribution >= 0.6 is 35.7 Å². The van der Waals surface area contributed by atoms with Crippen LogP contribution in [0.15, 0.2) is 29.3 Å². The molecule has 0 aromatic heterocycles. The highest BCUT2D eigenvalue weighted by molar-refractivity contribution is 14.0. The first-order valence-electron chi connectivity index (χ1n) is 6.50. The zero-order valence-electron chi connectivity index (χ0n) is 11.3. The second-order valence-electron chi connectivity index (χ2n) is 4.40. The number of guanidine groups is 1. The summed E-state index contributed by atoms with van der Waals surface area (Å²) in [6, 6.07) is 8.45. The Morgan fingerprint density at radius 3 is 2.53 bits per heavy atom. The number of thioether (sulfide) groups is 1. The molecule has 1 aromatic rings.